The summed E-state index contributed by atoms with van der Waals surface area (Å²) in [4.78, 5) is 4.08. The van der Waals surface area contributed by atoms with E-state index in [0.717, 1.165) is 0 Å². The largest absolute Gasteiger partial charge is 0.490 e. The molecule has 0 atom stereocenters. The Hall–Kier alpha value is -2.23. The molecule has 2 aromatic rings. The molecule has 0 bridgehead atoms. The smallest absolute Gasteiger partial charge is 0.221 e. The van der Waals surface area contributed by atoms with Gasteiger partial charge in [-0.2, -0.15) is 0 Å². The summed E-state index contributed by atoms with van der Waals surface area (Å²) in [5.41, 5.74) is 6.27. The third-order valence-electron chi connectivity index (χ3n) is 2.12. The van der Waals surface area contributed by atoms with Crippen LogP contribution in [0, 0.1) is 0 Å². The molecule has 17 heavy (non-hydrogen) atoms. The number of anilines is 1. The van der Waals surface area contributed by atoms with Crippen LogP contribution in [0.5, 0.6) is 17.4 Å². The molecule has 0 fully saturated rings. The Labute approximate surface area is 100 Å². The molecule has 4 heteroatoms. The van der Waals surface area contributed by atoms with Crippen molar-refractivity contribution in [1.82, 2.24) is 4.98 Å². The summed E-state index contributed by atoms with van der Waals surface area (Å²) >= 11 is 0. The maximum absolute atomic E-state index is 5.66. The van der Waals surface area contributed by atoms with Crippen molar-refractivity contribution < 1.29 is 9.47 Å². The van der Waals surface area contributed by atoms with Crippen LogP contribution in [-0.4, -0.2) is 11.6 Å². The molecule has 0 spiro atoms. The maximum Gasteiger partial charge on any atom is 0.221 e. The highest BCUT2D eigenvalue weighted by molar-refractivity contribution is 5.44. The van der Waals surface area contributed by atoms with E-state index in [9.17, 15) is 0 Å². The highest BCUT2D eigenvalue weighted by atomic mass is 16.5. The van der Waals surface area contributed by atoms with E-state index in [0.29, 0.717) is 29.7 Å². The summed E-state index contributed by atoms with van der Waals surface area (Å²) in [6, 6.07) is 10.8. The summed E-state index contributed by atoms with van der Waals surface area (Å²) in [5, 5.41) is 0. The number of hydrogen-bond acceptors (Lipinski definition) is 4. The molecule has 0 aliphatic carbocycles. The van der Waals surface area contributed by atoms with E-state index >= 15 is 0 Å². The van der Waals surface area contributed by atoms with Gasteiger partial charge in [0.1, 0.15) is 0 Å². The molecule has 0 radical (unpaired) electrons. The Morgan fingerprint density at radius 1 is 1.18 bits per heavy atom. The second-order valence-corrected chi connectivity index (χ2v) is 3.41. The first-order valence-corrected chi connectivity index (χ1v) is 5.41. The topological polar surface area (TPSA) is 57.4 Å². The van der Waals surface area contributed by atoms with Crippen LogP contribution < -0.4 is 15.2 Å². The van der Waals surface area contributed by atoms with E-state index in [1.807, 2.05) is 31.2 Å². The Balaban J connectivity index is 2.23. The third kappa shape index (κ3) is 2.87. The van der Waals surface area contributed by atoms with Crippen LogP contribution >= 0.6 is 0 Å². The number of hydrogen-bond donors (Lipinski definition) is 1. The second-order valence-electron chi connectivity index (χ2n) is 3.41. The van der Waals surface area contributed by atoms with Crippen LogP contribution in [0.25, 0.3) is 0 Å². The molecular formula is C13H14N2O2. The van der Waals surface area contributed by atoms with Gasteiger partial charge in [0.05, 0.1) is 6.61 Å². The zero-order valence-corrected chi connectivity index (χ0v) is 9.59. The molecule has 0 amide bonds. The number of pyridine rings is 1. The molecule has 4 nitrogen and oxygen atoms in total. The van der Waals surface area contributed by atoms with Crippen LogP contribution in [-0.2, 0) is 0 Å². The van der Waals surface area contributed by atoms with Crippen molar-refractivity contribution in [2.24, 2.45) is 0 Å². The molecule has 0 aliphatic heterocycles. The van der Waals surface area contributed by atoms with E-state index in [2.05, 4.69) is 4.98 Å². The highest BCUT2D eigenvalue weighted by Gasteiger charge is 2.05. The second kappa shape index (κ2) is 5.21. The lowest BCUT2D eigenvalue weighted by Crippen LogP contribution is -1.96. The van der Waals surface area contributed by atoms with Crippen molar-refractivity contribution in [3.8, 4) is 17.4 Å². The van der Waals surface area contributed by atoms with Crippen molar-refractivity contribution in [1.29, 1.82) is 0 Å². The minimum absolute atomic E-state index is 0.456. The van der Waals surface area contributed by atoms with Gasteiger partial charge in [-0.05, 0) is 25.1 Å². The first-order chi connectivity index (χ1) is 8.29. The van der Waals surface area contributed by atoms with Gasteiger partial charge < -0.3 is 15.2 Å². The fourth-order valence-corrected chi connectivity index (χ4v) is 1.40. The molecule has 1 aromatic heterocycles. The number of nitrogens with zero attached hydrogens (tertiary/aromatic N) is 1. The Bertz CT molecular complexity index is 500. The number of benzene rings is 1. The monoisotopic (exact) mass is 230 g/mol. The Kier molecular flexibility index (Phi) is 3.45. The number of nitrogen functional groups attached to an aromatic ring is 1. The molecule has 2 rings (SSSR count). The fraction of sp³-hybridized carbons (Fsp3) is 0.154. The normalized spacial score (nSPS) is 9.94. The number of nitrogens with two attached hydrogens (primary N) is 1. The first-order valence-electron chi connectivity index (χ1n) is 5.41. The number of rotatable bonds is 4. The molecular weight excluding hydrogens is 216 g/mol. The third-order valence-corrected chi connectivity index (χ3v) is 2.12. The van der Waals surface area contributed by atoms with E-state index < -0.39 is 0 Å². The quantitative estimate of drug-likeness (QED) is 0.877. The van der Waals surface area contributed by atoms with Crippen molar-refractivity contribution in [3.05, 3.63) is 42.6 Å². The highest BCUT2D eigenvalue weighted by Crippen LogP contribution is 2.30. The van der Waals surface area contributed by atoms with Crippen LogP contribution in [0.15, 0.2) is 42.6 Å². The lowest BCUT2D eigenvalue weighted by molar-refractivity contribution is 0.319. The number of para-hydroxylation sites is 2. The molecule has 1 heterocycles. The Morgan fingerprint density at radius 3 is 2.65 bits per heavy atom. The summed E-state index contributed by atoms with van der Waals surface area (Å²) < 4.78 is 11.1. The van der Waals surface area contributed by atoms with Crippen LogP contribution in [0.3, 0.4) is 0 Å². The molecule has 88 valence electrons. The molecule has 0 aliphatic rings. The van der Waals surface area contributed by atoms with Gasteiger partial charge in [0.25, 0.3) is 0 Å². The van der Waals surface area contributed by atoms with Gasteiger partial charge >= 0.3 is 0 Å². The van der Waals surface area contributed by atoms with Crippen LogP contribution in [0.2, 0.25) is 0 Å². The molecule has 2 N–H and O–H groups in total. The van der Waals surface area contributed by atoms with Gasteiger partial charge in [-0.1, -0.05) is 12.1 Å². The Morgan fingerprint density at radius 2 is 1.94 bits per heavy atom. The average molecular weight is 230 g/mol. The van der Waals surface area contributed by atoms with Gasteiger partial charge in [0.2, 0.25) is 5.88 Å². The van der Waals surface area contributed by atoms with Gasteiger partial charge in [-0.3, -0.25) is 0 Å². The average Bonchev–Trinajstić information content (AvgIpc) is 2.32. The van der Waals surface area contributed by atoms with Gasteiger partial charge in [-0.25, -0.2) is 4.98 Å². The van der Waals surface area contributed by atoms with Crippen LogP contribution in [0.1, 0.15) is 6.92 Å². The van der Waals surface area contributed by atoms with E-state index in [1.54, 1.807) is 18.3 Å². The molecule has 0 unspecified atom stereocenters. The van der Waals surface area contributed by atoms with Crippen molar-refractivity contribution in [2.75, 3.05) is 12.3 Å². The summed E-state index contributed by atoms with van der Waals surface area (Å²) in [6.07, 6.45) is 1.61. The fourth-order valence-electron chi connectivity index (χ4n) is 1.40. The van der Waals surface area contributed by atoms with E-state index in [1.165, 1.54) is 0 Å². The summed E-state index contributed by atoms with van der Waals surface area (Å²) in [6.45, 7) is 2.51. The van der Waals surface area contributed by atoms with Gasteiger partial charge in [0.15, 0.2) is 11.5 Å². The lowest BCUT2D eigenvalue weighted by Gasteiger charge is -2.10. The first kappa shape index (κ1) is 11.3. The SMILES string of the molecule is CCOc1ccccc1Oc1cc(N)ccn1. The van der Waals surface area contributed by atoms with E-state index in [-0.39, 0.29) is 0 Å². The van der Waals surface area contributed by atoms with E-state index in [4.69, 9.17) is 15.2 Å². The zero-order valence-electron chi connectivity index (χ0n) is 9.59. The molecule has 0 saturated carbocycles. The molecule has 0 saturated heterocycles. The van der Waals surface area contributed by atoms with Crippen molar-refractivity contribution >= 4 is 5.69 Å². The standard InChI is InChI=1S/C13H14N2O2/c1-2-16-11-5-3-4-6-12(11)17-13-9-10(14)7-8-15-13/h3-9H,2H2,1H3,(H2,14,15). The minimum Gasteiger partial charge on any atom is -0.490 e. The van der Waals surface area contributed by atoms with Gasteiger partial charge in [0, 0.05) is 18.0 Å². The number of aromatic nitrogens is 1. The summed E-state index contributed by atoms with van der Waals surface area (Å²) in [7, 11) is 0. The maximum atomic E-state index is 5.66. The zero-order chi connectivity index (χ0) is 12.1. The predicted molar refractivity (Wildman–Crippen MR) is 66.3 cm³/mol. The molecule has 1 aromatic carbocycles. The predicted octanol–water partition coefficient (Wildman–Crippen LogP) is 2.85. The summed E-state index contributed by atoms with van der Waals surface area (Å²) in [5.74, 6) is 1.78. The van der Waals surface area contributed by atoms with Gasteiger partial charge in [-0.15, -0.1) is 0 Å². The van der Waals surface area contributed by atoms with Crippen LogP contribution in [0.4, 0.5) is 5.69 Å². The van der Waals surface area contributed by atoms with Crippen molar-refractivity contribution in [2.45, 2.75) is 6.92 Å². The number of ether oxygens (including phenoxy) is 2. The lowest BCUT2D eigenvalue weighted by atomic mass is 10.3. The van der Waals surface area contributed by atoms with Crippen molar-refractivity contribution in [3.63, 3.8) is 0 Å². The minimum atomic E-state index is 0.456.